The van der Waals surface area contributed by atoms with E-state index in [1.807, 2.05) is 0 Å². The molecule has 1 saturated carbocycles. The zero-order valence-electron chi connectivity index (χ0n) is 16.5. The third-order valence-electron chi connectivity index (χ3n) is 5.76. The van der Waals surface area contributed by atoms with Crippen molar-refractivity contribution in [2.45, 2.75) is 31.7 Å². The van der Waals surface area contributed by atoms with Gasteiger partial charge in [-0.2, -0.15) is 0 Å². The summed E-state index contributed by atoms with van der Waals surface area (Å²) in [6, 6.07) is 16.2. The summed E-state index contributed by atoms with van der Waals surface area (Å²) in [5.74, 6) is 1.04. The normalized spacial score (nSPS) is 20.8. The van der Waals surface area contributed by atoms with Gasteiger partial charge in [-0.3, -0.25) is 4.79 Å². The maximum absolute atomic E-state index is 12.4. The third kappa shape index (κ3) is 5.28. The van der Waals surface area contributed by atoms with E-state index in [1.54, 1.807) is 18.2 Å². The standard InChI is InChI=1S/C23H28Cl2N2O/c1-27(2)22(17-6-4-3-5-7-17)18-10-8-16(9-11-18)15-26-23(28)20-13-12-19(24)14-21(20)25/h3-7,12-14,16,18,22H,8-11,15H2,1-2H3,(H,26,28). The van der Waals surface area contributed by atoms with Crippen LogP contribution in [0.2, 0.25) is 10.0 Å². The Morgan fingerprint density at radius 1 is 1.07 bits per heavy atom. The Morgan fingerprint density at radius 3 is 2.36 bits per heavy atom. The Balaban J connectivity index is 1.53. The molecule has 1 aliphatic rings. The maximum atomic E-state index is 12.4. The molecule has 1 amide bonds. The molecule has 5 heteroatoms. The predicted molar refractivity (Wildman–Crippen MR) is 117 cm³/mol. The van der Waals surface area contributed by atoms with Gasteiger partial charge in [-0.15, -0.1) is 0 Å². The van der Waals surface area contributed by atoms with Crippen LogP contribution in [-0.2, 0) is 0 Å². The van der Waals surface area contributed by atoms with E-state index in [0.717, 1.165) is 12.8 Å². The van der Waals surface area contributed by atoms with E-state index >= 15 is 0 Å². The molecular formula is C23H28Cl2N2O. The molecule has 0 saturated heterocycles. The molecular weight excluding hydrogens is 391 g/mol. The Morgan fingerprint density at radius 2 is 1.75 bits per heavy atom. The van der Waals surface area contributed by atoms with Gasteiger partial charge in [-0.05, 0) is 75.4 Å². The van der Waals surface area contributed by atoms with E-state index in [-0.39, 0.29) is 5.91 Å². The number of halogens is 2. The van der Waals surface area contributed by atoms with Crippen molar-refractivity contribution >= 4 is 29.1 Å². The van der Waals surface area contributed by atoms with Crippen LogP contribution in [0.4, 0.5) is 0 Å². The molecule has 1 atom stereocenters. The Labute approximate surface area is 178 Å². The van der Waals surface area contributed by atoms with Crippen molar-refractivity contribution in [3.8, 4) is 0 Å². The average Bonchev–Trinajstić information content (AvgIpc) is 2.68. The molecule has 0 aliphatic heterocycles. The molecule has 3 nitrogen and oxygen atoms in total. The highest BCUT2D eigenvalue weighted by Crippen LogP contribution is 2.39. The number of carbonyl (C=O) groups excluding carboxylic acids is 1. The van der Waals surface area contributed by atoms with Crippen molar-refractivity contribution in [2.75, 3.05) is 20.6 Å². The zero-order chi connectivity index (χ0) is 20.1. The Hall–Kier alpha value is -1.55. The first-order valence-corrected chi connectivity index (χ1v) is 10.7. The summed E-state index contributed by atoms with van der Waals surface area (Å²) in [5, 5.41) is 3.98. The van der Waals surface area contributed by atoms with Gasteiger partial charge in [0, 0.05) is 17.6 Å². The summed E-state index contributed by atoms with van der Waals surface area (Å²) >= 11 is 12.0. The molecule has 0 radical (unpaired) electrons. The molecule has 1 unspecified atom stereocenters. The molecule has 0 aromatic heterocycles. The van der Waals surface area contributed by atoms with Crippen LogP contribution < -0.4 is 5.32 Å². The molecule has 28 heavy (non-hydrogen) atoms. The number of amides is 1. The summed E-state index contributed by atoms with van der Waals surface area (Å²) in [7, 11) is 4.33. The van der Waals surface area contributed by atoms with Crippen molar-refractivity contribution in [3.05, 3.63) is 69.7 Å². The van der Waals surface area contributed by atoms with Crippen LogP contribution in [0.5, 0.6) is 0 Å². The molecule has 1 fully saturated rings. The summed E-state index contributed by atoms with van der Waals surface area (Å²) in [6.07, 6.45) is 4.63. The first-order valence-electron chi connectivity index (χ1n) is 9.90. The van der Waals surface area contributed by atoms with Crippen LogP contribution in [0, 0.1) is 11.8 Å². The summed E-state index contributed by atoms with van der Waals surface area (Å²) in [6.45, 7) is 0.697. The Kier molecular flexibility index (Phi) is 7.39. The van der Waals surface area contributed by atoms with Gasteiger partial charge in [0.2, 0.25) is 0 Å². The molecule has 1 N–H and O–H groups in total. The second-order valence-corrected chi connectivity index (χ2v) is 8.78. The number of hydrogen-bond donors (Lipinski definition) is 1. The predicted octanol–water partition coefficient (Wildman–Crippen LogP) is 5.83. The van der Waals surface area contributed by atoms with E-state index in [9.17, 15) is 4.79 Å². The zero-order valence-corrected chi connectivity index (χ0v) is 18.0. The first-order chi connectivity index (χ1) is 13.5. The van der Waals surface area contributed by atoms with Crippen molar-refractivity contribution in [1.82, 2.24) is 10.2 Å². The summed E-state index contributed by atoms with van der Waals surface area (Å²) < 4.78 is 0. The lowest BCUT2D eigenvalue weighted by molar-refractivity contribution is 0.0934. The highest BCUT2D eigenvalue weighted by Gasteiger charge is 2.30. The number of nitrogens with one attached hydrogen (secondary N) is 1. The van der Waals surface area contributed by atoms with Gasteiger partial charge < -0.3 is 10.2 Å². The number of carbonyl (C=O) groups is 1. The second-order valence-electron chi connectivity index (χ2n) is 7.93. The van der Waals surface area contributed by atoms with Crippen molar-refractivity contribution < 1.29 is 4.79 Å². The number of benzene rings is 2. The first kappa shape index (κ1) is 21.2. The second kappa shape index (κ2) is 9.78. The summed E-state index contributed by atoms with van der Waals surface area (Å²) in [4.78, 5) is 14.8. The van der Waals surface area contributed by atoms with Gasteiger partial charge in [-0.25, -0.2) is 0 Å². The Bertz CT molecular complexity index is 786. The SMILES string of the molecule is CN(C)C(c1ccccc1)C1CCC(CNC(=O)c2ccc(Cl)cc2Cl)CC1. The molecule has 150 valence electrons. The minimum Gasteiger partial charge on any atom is -0.352 e. The number of nitrogens with zero attached hydrogens (tertiary/aromatic N) is 1. The highest BCUT2D eigenvalue weighted by molar-refractivity contribution is 6.36. The lowest BCUT2D eigenvalue weighted by atomic mass is 9.76. The fourth-order valence-corrected chi connectivity index (χ4v) is 4.85. The maximum Gasteiger partial charge on any atom is 0.252 e. The van der Waals surface area contributed by atoms with Crippen LogP contribution in [0.15, 0.2) is 48.5 Å². The monoisotopic (exact) mass is 418 g/mol. The lowest BCUT2D eigenvalue weighted by Crippen LogP contribution is -2.34. The quantitative estimate of drug-likeness (QED) is 0.639. The van der Waals surface area contributed by atoms with Gasteiger partial charge in [0.05, 0.1) is 10.6 Å². The molecule has 2 aromatic rings. The molecule has 0 spiro atoms. The fourth-order valence-electron chi connectivity index (χ4n) is 4.36. The molecule has 2 aromatic carbocycles. The summed E-state index contributed by atoms with van der Waals surface area (Å²) in [5.41, 5.74) is 1.87. The van der Waals surface area contributed by atoms with Crippen LogP contribution in [0.1, 0.15) is 47.6 Å². The van der Waals surface area contributed by atoms with E-state index in [1.165, 1.54) is 18.4 Å². The van der Waals surface area contributed by atoms with E-state index in [0.29, 0.717) is 40.0 Å². The topological polar surface area (TPSA) is 32.3 Å². The molecule has 0 bridgehead atoms. The van der Waals surface area contributed by atoms with Gasteiger partial charge in [0.15, 0.2) is 0 Å². The minimum absolute atomic E-state index is 0.126. The van der Waals surface area contributed by atoms with Crippen LogP contribution in [0.3, 0.4) is 0 Å². The molecule has 3 rings (SSSR count). The van der Waals surface area contributed by atoms with Crippen molar-refractivity contribution in [2.24, 2.45) is 11.8 Å². The van der Waals surface area contributed by atoms with Crippen molar-refractivity contribution in [3.63, 3.8) is 0 Å². The van der Waals surface area contributed by atoms with E-state index in [4.69, 9.17) is 23.2 Å². The smallest absolute Gasteiger partial charge is 0.252 e. The van der Waals surface area contributed by atoms with Crippen LogP contribution >= 0.6 is 23.2 Å². The fraction of sp³-hybridized carbons (Fsp3) is 0.435. The highest BCUT2D eigenvalue weighted by atomic mass is 35.5. The largest absolute Gasteiger partial charge is 0.352 e. The minimum atomic E-state index is -0.126. The molecule has 1 aliphatic carbocycles. The van der Waals surface area contributed by atoms with Gasteiger partial charge in [-0.1, -0.05) is 53.5 Å². The van der Waals surface area contributed by atoms with Crippen LogP contribution in [0.25, 0.3) is 0 Å². The number of rotatable bonds is 6. The van der Waals surface area contributed by atoms with Crippen molar-refractivity contribution in [1.29, 1.82) is 0 Å². The van der Waals surface area contributed by atoms with Crippen LogP contribution in [-0.4, -0.2) is 31.4 Å². The number of hydrogen-bond acceptors (Lipinski definition) is 2. The van der Waals surface area contributed by atoms with E-state index < -0.39 is 0 Å². The van der Waals surface area contributed by atoms with Gasteiger partial charge in [0.1, 0.15) is 0 Å². The van der Waals surface area contributed by atoms with Gasteiger partial charge in [0.25, 0.3) is 5.91 Å². The van der Waals surface area contributed by atoms with Gasteiger partial charge >= 0.3 is 0 Å². The van der Waals surface area contributed by atoms with E-state index in [2.05, 4.69) is 54.6 Å². The third-order valence-corrected chi connectivity index (χ3v) is 6.31. The molecule has 0 heterocycles. The lowest BCUT2D eigenvalue weighted by Gasteiger charge is -2.37. The average molecular weight is 419 g/mol.